The van der Waals surface area contributed by atoms with Crippen LogP contribution in [0, 0.1) is 12.8 Å². The van der Waals surface area contributed by atoms with Gasteiger partial charge in [-0.15, -0.1) is 0 Å². The van der Waals surface area contributed by atoms with Crippen LogP contribution in [0.1, 0.15) is 30.5 Å². The van der Waals surface area contributed by atoms with E-state index in [-0.39, 0.29) is 24.8 Å². The van der Waals surface area contributed by atoms with Crippen LogP contribution in [0.3, 0.4) is 0 Å². The standard InChI is InChI=1S/C36H41N3O5S/c1-27(2)24-37-36(41)34(23-29-11-7-5-8-12-29)38(25-30-17-15-28(3)16-18-30)35(40)26-39(45(4,42)43)31-19-21-33(22-20-31)44-32-13-9-6-10-14-32/h5-22,27,34H,23-26H2,1-4H3,(H,37,41)/t34-/m0/s1. The molecule has 0 radical (unpaired) electrons. The zero-order valence-electron chi connectivity index (χ0n) is 26.2. The summed E-state index contributed by atoms with van der Waals surface area (Å²) >= 11 is 0. The number of nitrogens with zero attached hydrogens (tertiary/aromatic N) is 2. The summed E-state index contributed by atoms with van der Waals surface area (Å²) in [6, 6.07) is 32.1. The van der Waals surface area contributed by atoms with Crippen molar-refractivity contribution < 1.29 is 22.7 Å². The highest BCUT2D eigenvalue weighted by Crippen LogP contribution is 2.26. The van der Waals surface area contributed by atoms with Gasteiger partial charge in [0.2, 0.25) is 21.8 Å². The molecule has 45 heavy (non-hydrogen) atoms. The van der Waals surface area contributed by atoms with Crippen molar-refractivity contribution >= 4 is 27.5 Å². The Hall–Kier alpha value is -4.63. The topological polar surface area (TPSA) is 96.0 Å². The first-order valence-corrected chi connectivity index (χ1v) is 16.8. The number of sulfonamides is 1. The van der Waals surface area contributed by atoms with Gasteiger partial charge >= 0.3 is 0 Å². The van der Waals surface area contributed by atoms with Crippen LogP contribution in [0.5, 0.6) is 11.5 Å². The maximum atomic E-state index is 14.2. The number of aryl methyl sites for hydroxylation is 1. The first-order valence-electron chi connectivity index (χ1n) is 15.0. The molecule has 0 aromatic heterocycles. The van der Waals surface area contributed by atoms with Gasteiger partial charge in [0.15, 0.2) is 0 Å². The summed E-state index contributed by atoms with van der Waals surface area (Å²) in [6.07, 6.45) is 1.34. The Labute approximate surface area is 266 Å². The van der Waals surface area contributed by atoms with Crippen molar-refractivity contribution in [1.82, 2.24) is 10.2 Å². The third kappa shape index (κ3) is 9.94. The van der Waals surface area contributed by atoms with E-state index in [0.717, 1.165) is 27.3 Å². The molecule has 0 fully saturated rings. The van der Waals surface area contributed by atoms with E-state index in [1.807, 2.05) is 106 Å². The summed E-state index contributed by atoms with van der Waals surface area (Å²) in [6.45, 7) is 6.08. The highest BCUT2D eigenvalue weighted by atomic mass is 32.2. The molecule has 0 heterocycles. The van der Waals surface area contributed by atoms with Gasteiger partial charge in [0.05, 0.1) is 11.9 Å². The minimum absolute atomic E-state index is 0.132. The fourth-order valence-electron chi connectivity index (χ4n) is 4.79. The van der Waals surface area contributed by atoms with Crippen LogP contribution < -0.4 is 14.4 Å². The van der Waals surface area contributed by atoms with Crippen LogP contribution in [0.2, 0.25) is 0 Å². The molecule has 1 N–H and O–H groups in total. The Morgan fingerprint density at radius 2 is 1.36 bits per heavy atom. The third-order valence-corrected chi connectivity index (χ3v) is 8.35. The smallest absolute Gasteiger partial charge is 0.244 e. The molecule has 0 bridgehead atoms. The Morgan fingerprint density at radius 1 is 0.778 bits per heavy atom. The molecule has 0 spiro atoms. The average Bonchev–Trinajstić information content (AvgIpc) is 3.02. The number of benzene rings is 4. The molecule has 0 aliphatic heterocycles. The molecule has 236 valence electrons. The van der Waals surface area contributed by atoms with Crippen LogP contribution in [-0.4, -0.2) is 50.5 Å². The zero-order valence-corrected chi connectivity index (χ0v) is 27.0. The monoisotopic (exact) mass is 627 g/mol. The lowest BCUT2D eigenvalue weighted by atomic mass is 10.0. The van der Waals surface area contributed by atoms with Gasteiger partial charge in [-0.25, -0.2) is 8.42 Å². The minimum Gasteiger partial charge on any atom is -0.457 e. The number of rotatable bonds is 14. The number of hydrogen-bond donors (Lipinski definition) is 1. The Kier molecular flexibility index (Phi) is 11.4. The lowest BCUT2D eigenvalue weighted by Gasteiger charge is -2.33. The fraction of sp³-hybridized carbons (Fsp3) is 0.278. The van der Waals surface area contributed by atoms with E-state index in [0.29, 0.717) is 23.7 Å². The molecule has 4 aromatic carbocycles. The van der Waals surface area contributed by atoms with Crippen molar-refractivity contribution in [2.75, 3.05) is 23.7 Å². The lowest BCUT2D eigenvalue weighted by Crippen LogP contribution is -2.53. The van der Waals surface area contributed by atoms with Gasteiger partial charge in [0.25, 0.3) is 0 Å². The Morgan fingerprint density at radius 3 is 1.93 bits per heavy atom. The molecule has 8 nitrogen and oxygen atoms in total. The highest BCUT2D eigenvalue weighted by Gasteiger charge is 2.33. The number of carbonyl (C=O) groups is 2. The molecule has 0 saturated carbocycles. The Balaban J connectivity index is 1.67. The van der Waals surface area contributed by atoms with Gasteiger partial charge in [-0.1, -0.05) is 92.2 Å². The molecule has 0 aliphatic carbocycles. The maximum Gasteiger partial charge on any atom is 0.244 e. The van der Waals surface area contributed by atoms with E-state index >= 15 is 0 Å². The predicted octanol–water partition coefficient (Wildman–Crippen LogP) is 5.97. The van der Waals surface area contributed by atoms with Gasteiger partial charge in [0.1, 0.15) is 24.1 Å². The van der Waals surface area contributed by atoms with Crippen LogP contribution in [0.25, 0.3) is 0 Å². The van der Waals surface area contributed by atoms with Gasteiger partial charge in [0, 0.05) is 19.5 Å². The first-order chi connectivity index (χ1) is 21.5. The van der Waals surface area contributed by atoms with Crippen molar-refractivity contribution in [3.8, 4) is 11.5 Å². The molecule has 4 rings (SSSR count). The van der Waals surface area contributed by atoms with E-state index < -0.39 is 28.5 Å². The number of hydrogen-bond acceptors (Lipinski definition) is 5. The van der Waals surface area contributed by atoms with Crippen molar-refractivity contribution in [3.05, 3.63) is 126 Å². The average molecular weight is 628 g/mol. The summed E-state index contributed by atoms with van der Waals surface area (Å²) in [5, 5.41) is 3.00. The van der Waals surface area contributed by atoms with E-state index in [2.05, 4.69) is 5.32 Å². The van der Waals surface area contributed by atoms with Crippen molar-refractivity contribution in [3.63, 3.8) is 0 Å². The fourth-order valence-corrected chi connectivity index (χ4v) is 5.64. The molecule has 0 unspecified atom stereocenters. The van der Waals surface area contributed by atoms with E-state index in [1.165, 1.54) is 4.90 Å². The van der Waals surface area contributed by atoms with Crippen molar-refractivity contribution in [2.45, 2.75) is 39.8 Å². The van der Waals surface area contributed by atoms with E-state index in [4.69, 9.17) is 4.74 Å². The molecule has 0 saturated heterocycles. The largest absolute Gasteiger partial charge is 0.457 e. The summed E-state index contributed by atoms with van der Waals surface area (Å²) in [4.78, 5) is 29.5. The van der Waals surface area contributed by atoms with Crippen LogP contribution in [0.4, 0.5) is 5.69 Å². The summed E-state index contributed by atoms with van der Waals surface area (Å²) in [5.74, 6) is 0.595. The lowest BCUT2D eigenvalue weighted by molar-refractivity contribution is -0.140. The normalized spacial score (nSPS) is 11.9. The minimum atomic E-state index is -3.88. The summed E-state index contributed by atoms with van der Waals surface area (Å²) in [5.41, 5.74) is 3.09. The highest BCUT2D eigenvalue weighted by molar-refractivity contribution is 7.92. The number of carbonyl (C=O) groups excluding carboxylic acids is 2. The number of nitrogens with one attached hydrogen (secondary N) is 1. The van der Waals surface area contributed by atoms with Gasteiger partial charge in [-0.05, 0) is 60.4 Å². The zero-order chi connectivity index (χ0) is 32.4. The van der Waals surface area contributed by atoms with Gasteiger partial charge < -0.3 is 15.0 Å². The molecule has 2 amide bonds. The molecule has 9 heteroatoms. The first kappa shape index (κ1) is 33.3. The van der Waals surface area contributed by atoms with Crippen LogP contribution in [-0.2, 0) is 32.6 Å². The van der Waals surface area contributed by atoms with E-state index in [9.17, 15) is 18.0 Å². The summed E-state index contributed by atoms with van der Waals surface area (Å²) < 4.78 is 33.1. The molecular weight excluding hydrogens is 586 g/mol. The van der Waals surface area contributed by atoms with Gasteiger partial charge in [-0.3, -0.25) is 13.9 Å². The number of anilines is 1. The molecule has 4 aromatic rings. The maximum absolute atomic E-state index is 14.2. The predicted molar refractivity (Wildman–Crippen MR) is 179 cm³/mol. The van der Waals surface area contributed by atoms with Crippen molar-refractivity contribution in [2.24, 2.45) is 5.92 Å². The second kappa shape index (κ2) is 15.4. The van der Waals surface area contributed by atoms with Gasteiger partial charge in [-0.2, -0.15) is 0 Å². The number of ether oxygens (including phenoxy) is 1. The van der Waals surface area contributed by atoms with Crippen LogP contribution >= 0.6 is 0 Å². The number of amides is 2. The second-order valence-electron chi connectivity index (χ2n) is 11.5. The van der Waals surface area contributed by atoms with Crippen molar-refractivity contribution in [1.29, 1.82) is 0 Å². The molecular formula is C36H41N3O5S. The quantitative estimate of drug-likeness (QED) is 0.186. The number of para-hydroxylation sites is 1. The van der Waals surface area contributed by atoms with Crippen LogP contribution in [0.15, 0.2) is 109 Å². The second-order valence-corrected chi connectivity index (χ2v) is 13.4. The molecule has 0 aliphatic rings. The third-order valence-electron chi connectivity index (χ3n) is 7.21. The molecule has 1 atom stereocenters. The summed E-state index contributed by atoms with van der Waals surface area (Å²) in [7, 11) is -3.88. The van der Waals surface area contributed by atoms with E-state index in [1.54, 1.807) is 24.3 Å². The SMILES string of the molecule is Cc1ccc(CN(C(=O)CN(c2ccc(Oc3ccccc3)cc2)S(C)(=O)=O)[C@@H](Cc2ccccc2)C(=O)NCC(C)C)cc1. The Bertz CT molecular complexity index is 1640.